The first kappa shape index (κ1) is 15.0. The van der Waals surface area contributed by atoms with Gasteiger partial charge in [0, 0.05) is 24.3 Å². The molecule has 0 fully saturated rings. The van der Waals surface area contributed by atoms with Crippen LogP contribution < -0.4 is 0 Å². The molecule has 4 heteroatoms. The molecule has 2 heterocycles. The summed E-state index contributed by atoms with van der Waals surface area (Å²) in [6.07, 6.45) is 1.54. The number of nitrogens with zero attached hydrogens (tertiary/aromatic N) is 1. The number of carbonyl (C=O) groups is 2. The van der Waals surface area contributed by atoms with Crippen molar-refractivity contribution < 1.29 is 9.59 Å². The Balaban J connectivity index is 1.92. The molecule has 0 radical (unpaired) electrons. The average Bonchev–Trinajstić information content (AvgIpc) is 3.01. The second-order valence-electron chi connectivity index (χ2n) is 5.65. The van der Waals surface area contributed by atoms with Crippen LogP contribution in [0.2, 0.25) is 0 Å². The smallest absolute Gasteiger partial charge is 0.223 e. The molecule has 1 aromatic carbocycles. The van der Waals surface area contributed by atoms with Crippen molar-refractivity contribution in [3.63, 3.8) is 0 Å². The van der Waals surface area contributed by atoms with Crippen LogP contribution in [-0.2, 0) is 16.0 Å². The Morgan fingerprint density at radius 2 is 1.95 bits per heavy atom. The first-order valence-corrected chi connectivity index (χ1v) is 8.45. The third kappa shape index (κ3) is 2.97. The van der Waals surface area contributed by atoms with Gasteiger partial charge in [-0.25, -0.2) is 0 Å². The summed E-state index contributed by atoms with van der Waals surface area (Å²) in [5.41, 5.74) is 2.37. The lowest BCUT2D eigenvalue weighted by atomic mass is 9.93. The van der Waals surface area contributed by atoms with Crippen molar-refractivity contribution in [1.29, 1.82) is 0 Å². The minimum absolute atomic E-state index is 0.0179. The monoisotopic (exact) mass is 313 g/mol. The van der Waals surface area contributed by atoms with Gasteiger partial charge in [0.15, 0.2) is 0 Å². The third-order valence-electron chi connectivity index (χ3n) is 4.09. The second-order valence-corrected chi connectivity index (χ2v) is 6.65. The fraction of sp³-hybridized carbons (Fsp3) is 0.333. The summed E-state index contributed by atoms with van der Waals surface area (Å²) >= 11 is 1.76. The first-order chi connectivity index (χ1) is 10.7. The molecule has 0 saturated heterocycles. The SMILES string of the molecule is CC(=O)CCC(=O)N1CCc2sccc2C1c1ccccc1. The van der Waals surface area contributed by atoms with E-state index in [1.54, 1.807) is 11.3 Å². The molecule has 114 valence electrons. The Morgan fingerprint density at radius 1 is 1.18 bits per heavy atom. The van der Waals surface area contributed by atoms with Gasteiger partial charge < -0.3 is 9.69 Å². The summed E-state index contributed by atoms with van der Waals surface area (Å²) in [6, 6.07) is 12.3. The number of carbonyl (C=O) groups excluding carboxylic acids is 2. The van der Waals surface area contributed by atoms with Crippen LogP contribution in [0.4, 0.5) is 0 Å². The van der Waals surface area contributed by atoms with Gasteiger partial charge in [0.1, 0.15) is 5.78 Å². The Kier molecular flexibility index (Phi) is 4.39. The maximum Gasteiger partial charge on any atom is 0.223 e. The van der Waals surface area contributed by atoms with E-state index in [9.17, 15) is 9.59 Å². The number of Topliss-reactive ketones (excluding diaryl/α,β-unsaturated/α-hetero) is 1. The number of ketones is 1. The van der Waals surface area contributed by atoms with Crippen LogP contribution in [0.15, 0.2) is 41.8 Å². The topological polar surface area (TPSA) is 37.4 Å². The van der Waals surface area contributed by atoms with Gasteiger partial charge in [0.25, 0.3) is 0 Å². The zero-order chi connectivity index (χ0) is 15.5. The molecule has 3 nitrogen and oxygen atoms in total. The average molecular weight is 313 g/mol. The van der Waals surface area contributed by atoms with E-state index in [1.165, 1.54) is 17.4 Å². The van der Waals surface area contributed by atoms with Crippen LogP contribution in [-0.4, -0.2) is 23.1 Å². The summed E-state index contributed by atoms with van der Waals surface area (Å²) in [5.74, 6) is 0.138. The zero-order valence-corrected chi connectivity index (χ0v) is 13.4. The first-order valence-electron chi connectivity index (χ1n) is 7.57. The van der Waals surface area contributed by atoms with Gasteiger partial charge in [-0.05, 0) is 35.9 Å². The molecule has 0 spiro atoms. The highest BCUT2D eigenvalue weighted by Gasteiger charge is 2.32. The Morgan fingerprint density at radius 3 is 2.68 bits per heavy atom. The Hall–Kier alpha value is -1.94. The van der Waals surface area contributed by atoms with Crippen molar-refractivity contribution in [2.24, 2.45) is 0 Å². The molecule has 0 saturated carbocycles. The van der Waals surface area contributed by atoms with Gasteiger partial charge in [-0.1, -0.05) is 30.3 Å². The highest BCUT2D eigenvalue weighted by molar-refractivity contribution is 7.10. The minimum Gasteiger partial charge on any atom is -0.331 e. The van der Waals surface area contributed by atoms with Crippen molar-refractivity contribution in [2.75, 3.05) is 6.54 Å². The molecule has 2 aromatic rings. The normalized spacial score (nSPS) is 17.1. The molecule has 1 amide bonds. The summed E-state index contributed by atoms with van der Waals surface area (Å²) < 4.78 is 0. The van der Waals surface area contributed by atoms with Gasteiger partial charge in [0.2, 0.25) is 5.91 Å². The summed E-state index contributed by atoms with van der Waals surface area (Å²) in [6.45, 7) is 2.26. The molecule has 1 aliphatic rings. The quantitative estimate of drug-likeness (QED) is 0.865. The summed E-state index contributed by atoms with van der Waals surface area (Å²) in [4.78, 5) is 27.1. The van der Waals surface area contributed by atoms with E-state index >= 15 is 0 Å². The van der Waals surface area contributed by atoms with E-state index in [0.717, 1.165) is 18.5 Å². The molecule has 22 heavy (non-hydrogen) atoms. The van der Waals surface area contributed by atoms with Crippen molar-refractivity contribution >= 4 is 23.0 Å². The molecule has 1 atom stereocenters. The number of hydrogen-bond donors (Lipinski definition) is 0. The molecular formula is C18H19NO2S. The number of fused-ring (bicyclic) bond motifs is 1. The van der Waals surface area contributed by atoms with Crippen molar-refractivity contribution in [2.45, 2.75) is 32.2 Å². The van der Waals surface area contributed by atoms with Crippen molar-refractivity contribution in [3.05, 3.63) is 57.8 Å². The molecule has 0 N–H and O–H groups in total. The van der Waals surface area contributed by atoms with Gasteiger partial charge in [-0.2, -0.15) is 0 Å². The van der Waals surface area contributed by atoms with Gasteiger partial charge in [-0.3, -0.25) is 4.79 Å². The number of thiophene rings is 1. The highest BCUT2D eigenvalue weighted by atomic mass is 32.1. The maximum atomic E-state index is 12.6. The molecular weight excluding hydrogens is 294 g/mol. The van der Waals surface area contributed by atoms with E-state index in [0.29, 0.717) is 12.8 Å². The van der Waals surface area contributed by atoms with Crippen LogP contribution in [0.25, 0.3) is 0 Å². The fourth-order valence-electron chi connectivity index (χ4n) is 3.01. The van der Waals surface area contributed by atoms with Crippen LogP contribution in [0.3, 0.4) is 0 Å². The fourth-order valence-corrected chi connectivity index (χ4v) is 3.91. The number of rotatable bonds is 4. The molecule has 0 aliphatic carbocycles. The van der Waals surface area contributed by atoms with E-state index in [1.807, 2.05) is 23.1 Å². The number of benzene rings is 1. The van der Waals surface area contributed by atoms with E-state index in [-0.39, 0.29) is 17.7 Å². The van der Waals surface area contributed by atoms with Crippen molar-refractivity contribution in [1.82, 2.24) is 4.90 Å². The van der Waals surface area contributed by atoms with Gasteiger partial charge >= 0.3 is 0 Å². The lowest BCUT2D eigenvalue weighted by molar-refractivity contribution is -0.134. The van der Waals surface area contributed by atoms with Crippen LogP contribution in [0.1, 0.15) is 41.8 Å². The molecule has 3 rings (SSSR count). The maximum absolute atomic E-state index is 12.6. The lowest BCUT2D eigenvalue weighted by Crippen LogP contribution is -2.40. The van der Waals surface area contributed by atoms with Gasteiger partial charge in [0.05, 0.1) is 6.04 Å². The van der Waals surface area contributed by atoms with Crippen molar-refractivity contribution in [3.8, 4) is 0 Å². The third-order valence-corrected chi connectivity index (χ3v) is 5.09. The minimum atomic E-state index is -0.0179. The van der Waals surface area contributed by atoms with Crippen LogP contribution >= 0.6 is 11.3 Å². The molecule has 0 bridgehead atoms. The summed E-state index contributed by atoms with van der Waals surface area (Å²) in [5, 5.41) is 2.10. The predicted octanol–water partition coefficient (Wildman–Crippen LogP) is 3.59. The Bertz CT molecular complexity index is 677. The van der Waals surface area contributed by atoms with Gasteiger partial charge in [-0.15, -0.1) is 11.3 Å². The second kappa shape index (κ2) is 6.44. The number of amides is 1. The van der Waals surface area contributed by atoms with Crippen LogP contribution in [0.5, 0.6) is 0 Å². The zero-order valence-electron chi connectivity index (χ0n) is 12.6. The number of hydrogen-bond acceptors (Lipinski definition) is 3. The molecule has 1 aromatic heterocycles. The molecule has 1 aliphatic heterocycles. The van der Waals surface area contributed by atoms with E-state index in [2.05, 4.69) is 23.6 Å². The van der Waals surface area contributed by atoms with Crippen LogP contribution in [0, 0.1) is 0 Å². The summed E-state index contributed by atoms with van der Waals surface area (Å²) in [7, 11) is 0. The Labute approximate surface area is 134 Å². The molecule has 1 unspecified atom stereocenters. The van der Waals surface area contributed by atoms with E-state index in [4.69, 9.17) is 0 Å². The highest BCUT2D eigenvalue weighted by Crippen LogP contribution is 2.38. The largest absolute Gasteiger partial charge is 0.331 e. The van der Waals surface area contributed by atoms with E-state index < -0.39 is 0 Å². The predicted molar refractivity (Wildman–Crippen MR) is 87.9 cm³/mol. The standard InChI is InChI=1S/C18H19NO2S/c1-13(20)7-8-17(21)19-11-9-16-15(10-12-22-16)18(19)14-5-3-2-4-6-14/h2-6,10,12,18H,7-9,11H2,1H3. The lowest BCUT2D eigenvalue weighted by Gasteiger charge is -2.36.